The third-order valence-electron chi connectivity index (χ3n) is 4.43. The molecule has 0 bridgehead atoms. The maximum atomic E-state index is 12.3. The van der Waals surface area contributed by atoms with Crippen molar-refractivity contribution in [2.75, 3.05) is 10.6 Å². The number of amides is 1. The first-order chi connectivity index (χ1) is 13.2. The van der Waals surface area contributed by atoms with Gasteiger partial charge < -0.3 is 16.0 Å². The highest BCUT2D eigenvalue weighted by Crippen LogP contribution is 2.22. The Bertz CT molecular complexity index is 864. The van der Waals surface area contributed by atoms with E-state index in [0.717, 1.165) is 24.9 Å². The third kappa shape index (κ3) is 4.73. The Balaban J connectivity index is 1.78. The molecule has 0 aromatic carbocycles. The highest BCUT2D eigenvalue weighted by atomic mass is 16.5. The highest BCUT2D eigenvalue weighted by molar-refractivity contribution is 6.04. The quantitative estimate of drug-likeness (QED) is 0.394. The SMILES string of the molecule is C=C/C=C\C(=C/N[O-])C(=O)Nc1nc2cccc(NC3CCCCC3)n2n1. The first kappa shape index (κ1) is 18.7. The Labute approximate surface area is 157 Å². The number of fused-ring (bicyclic) bond motifs is 1. The lowest BCUT2D eigenvalue weighted by Gasteiger charge is -2.23. The largest absolute Gasteiger partial charge is 0.761 e. The van der Waals surface area contributed by atoms with Crippen LogP contribution in [0, 0.1) is 5.21 Å². The predicted molar refractivity (Wildman–Crippen MR) is 106 cm³/mol. The lowest BCUT2D eigenvalue weighted by molar-refractivity contribution is -0.112. The maximum Gasteiger partial charge on any atom is 0.259 e. The number of aromatic nitrogens is 3. The lowest BCUT2D eigenvalue weighted by atomic mass is 9.95. The predicted octanol–water partition coefficient (Wildman–Crippen LogP) is 3.13. The minimum Gasteiger partial charge on any atom is -0.761 e. The molecule has 1 aliphatic carbocycles. The minimum atomic E-state index is -0.492. The lowest BCUT2D eigenvalue weighted by Crippen LogP contribution is -2.23. The second-order valence-corrected chi connectivity index (χ2v) is 6.36. The summed E-state index contributed by atoms with van der Waals surface area (Å²) in [6.07, 6.45) is 11.6. The Hall–Kier alpha value is -3.13. The van der Waals surface area contributed by atoms with Gasteiger partial charge in [-0.25, -0.2) is 0 Å². The van der Waals surface area contributed by atoms with Gasteiger partial charge in [-0.05, 0) is 37.3 Å². The van der Waals surface area contributed by atoms with E-state index in [1.165, 1.54) is 31.4 Å². The van der Waals surface area contributed by atoms with Crippen molar-refractivity contribution >= 4 is 23.3 Å². The molecule has 3 N–H and O–H groups in total. The zero-order chi connectivity index (χ0) is 19.1. The molecule has 8 heteroatoms. The van der Waals surface area contributed by atoms with Crippen LogP contribution in [0.25, 0.3) is 5.65 Å². The number of hydroxylamine groups is 1. The molecular weight excluding hydrogens is 344 g/mol. The van der Waals surface area contributed by atoms with Crippen LogP contribution >= 0.6 is 0 Å². The second-order valence-electron chi connectivity index (χ2n) is 6.36. The number of carbonyl (C=O) groups excluding carboxylic acids is 1. The van der Waals surface area contributed by atoms with Crippen LogP contribution in [0.3, 0.4) is 0 Å². The average Bonchev–Trinajstić information content (AvgIpc) is 3.09. The average molecular weight is 367 g/mol. The van der Waals surface area contributed by atoms with Gasteiger partial charge >= 0.3 is 0 Å². The Morgan fingerprint density at radius 1 is 1.30 bits per heavy atom. The molecule has 2 aromatic heterocycles. The molecule has 0 unspecified atom stereocenters. The van der Waals surface area contributed by atoms with Crippen LogP contribution in [-0.2, 0) is 4.79 Å². The number of nitrogens with zero attached hydrogens (tertiary/aromatic N) is 3. The third-order valence-corrected chi connectivity index (χ3v) is 4.43. The number of pyridine rings is 1. The van der Waals surface area contributed by atoms with Gasteiger partial charge in [0.2, 0.25) is 5.95 Å². The summed E-state index contributed by atoms with van der Waals surface area (Å²) in [5.41, 5.74) is 2.38. The van der Waals surface area contributed by atoms with Crippen molar-refractivity contribution in [1.29, 1.82) is 0 Å². The van der Waals surface area contributed by atoms with Gasteiger partial charge in [-0.1, -0.05) is 44.1 Å². The van der Waals surface area contributed by atoms with E-state index in [0.29, 0.717) is 11.7 Å². The van der Waals surface area contributed by atoms with Crippen LogP contribution in [0.4, 0.5) is 11.8 Å². The molecule has 1 fully saturated rings. The molecule has 0 saturated heterocycles. The number of anilines is 2. The molecule has 2 heterocycles. The normalized spacial score (nSPS) is 15.8. The van der Waals surface area contributed by atoms with Crippen molar-refractivity contribution in [2.45, 2.75) is 38.1 Å². The van der Waals surface area contributed by atoms with Crippen LogP contribution in [0.2, 0.25) is 0 Å². The molecule has 2 aromatic rings. The highest BCUT2D eigenvalue weighted by Gasteiger charge is 2.16. The molecule has 1 aliphatic rings. The number of allylic oxidation sites excluding steroid dienone is 2. The van der Waals surface area contributed by atoms with E-state index >= 15 is 0 Å². The van der Waals surface area contributed by atoms with Crippen molar-refractivity contribution in [3.8, 4) is 0 Å². The van der Waals surface area contributed by atoms with Crippen LogP contribution in [-0.4, -0.2) is 26.5 Å². The number of carbonyl (C=O) groups is 1. The molecule has 1 saturated carbocycles. The first-order valence-electron chi connectivity index (χ1n) is 9.02. The van der Waals surface area contributed by atoms with E-state index in [1.807, 2.05) is 18.2 Å². The van der Waals surface area contributed by atoms with Crippen molar-refractivity contribution in [3.05, 3.63) is 60.0 Å². The fraction of sp³-hybridized carbons (Fsp3) is 0.316. The summed E-state index contributed by atoms with van der Waals surface area (Å²) < 4.78 is 1.68. The van der Waals surface area contributed by atoms with Crippen molar-refractivity contribution in [3.63, 3.8) is 0 Å². The minimum absolute atomic E-state index is 0.143. The van der Waals surface area contributed by atoms with Crippen LogP contribution in [0.1, 0.15) is 32.1 Å². The number of hydrogen-bond acceptors (Lipinski definition) is 6. The molecule has 142 valence electrons. The molecular formula is C19H23N6O2-. The van der Waals surface area contributed by atoms with E-state index < -0.39 is 5.91 Å². The maximum absolute atomic E-state index is 12.3. The molecule has 0 spiro atoms. The van der Waals surface area contributed by atoms with Gasteiger partial charge in [0, 0.05) is 6.04 Å². The summed E-state index contributed by atoms with van der Waals surface area (Å²) >= 11 is 0. The van der Waals surface area contributed by atoms with Crippen LogP contribution in [0.5, 0.6) is 0 Å². The van der Waals surface area contributed by atoms with Crippen LogP contribution in [0.15, 0.2) is 54.8 Å². The van der Waals surface area contributed by atoms with Gasteiger partial charge in [0.25, 0.3) is 5.91 Å². The topological polar surface area (TPSA) is 106 Å². The van der Waals surface area contributed by atoms with Gasteiger partial charge in [-0.3, -0.25) is 10.1 Å². The molecule has 27 heavy (non-hydrogen) atoms. The number of hydrogen-bond donors (Lipinski definition) is 3. The van der Waals surface area contributed by atoms with Crippen molar-refractivity contribution in [2.24, 2.45) is 0 Å². The van der Waals surface area contributed by atoms with Gasteiger partial charge in [0.1, 0.15) is 5.82 Å². The molecule has 0 aliphatic heterocycles. The Kier molecular flexibility index (Phi) is 6.22. The fourth-order valence-corrected chi connectivity index (χ4v) is 3.12. The monoisotopic (exact) mass is 367 g/mol. The molecule has 0 atom stereocenters. The summed E-state index contributed by atoms with van der Waals surface area (Å²) in [6, 6.07) is 6.09. The van der Waals surface area contributed by atoms with Crippen molar-refractivity contribution in [1.82, 2.24) is 20.1 Å². The fourth-order valence-electron chi connectivity index (χ4n) is 3.12. The van der Waals surface area contributed by atoms with Gasteiger partial charge in [0.05, 0.1) is 5.57 Å². The summed E-state index contributed by atoms with van der Waals surface area (Å²) in [4.78, 5) is 16.7. The number of nitrogens with one attached hydrogen (secondary N) is 3. The summed E-state index contributed by atoms with van der Waals surface area (Å²) in [5, 5.41) is 21.1. The zero-order valence-electron chi connectivity index (χ0n) is 15.0. The van der Waals surface area contributed by atoms with Gasteiger partial charge in [-0.15, -0.1) is 5.10 Å². The summed E-state index contributed by atoms with van der Waals surface area (Å²) in [7, 11) is 0. The van der Waals surface area contributed by atoms with E-state index in [-0.39, 0.29) is 11.5 Å². The van der Waals surface area contributed by atoms with Crippen molar-refractivity contribution < 1.29 is 4.79 Å². The molecule has 1 amide bonds. The smallest absolute Gasteiger partial charge is 0.259 e. The number of rotatable bonds is 7. The molecule has 3 rings (SSSR count). The van der Waals surface area contributed by atoms with E-state index in [9.17, 15) is 10.0 Å². The first-order valence-corrected chi connectivity index (χ1v) is 9.02. The standard InChI is InChI=1S/C19H23N6O2/c1-2-3-8-14(13-20-27)18(26)23-19-22-17-12-7-11-16(25(17)24-19)21-15-9-5-4-6-10-15/h2-3,7-8,11-13,15,20-21H,1,4-6,9-10H2,(H,23,24,26)/q-1/b8-3-,14-13+. The van der Waals surface area contributed by atoms with E-state index in [2.05, 4.69) is 27.3 Å². The van der Waals surface area contributed by atoms with E-state index in [4.69, 9.17) is 0 Å². The summed E-state index contributed by atoms with van der Waals surface area (Å²) in [6.45, 7) is 3.54. The second kappa shape index (κ2) is 9.00. The summed E-state index contributed by atoms with van der Waals surface area (Å²) in [5.74, 6) is 0.520. The molecule has 0 radical (unpaired) electrons. The van der Waals surface area contributed by atoms with Gasteiger partial charge in [0.15, 0.2) is 5.65 Å². The Morgan fingerprint density at radius 3 is 2.85 bits per heavy atom. The zero-order valence-corrected chi connectivity index (χ0v) is 15.0. The van der Waals surface area contributed by atoms with Crippen LogP contribution < -0.4 is 16.1 Å². The van der Waals surface area contributed by atoms with Gasteiger partial charge in [-0.2, -0.15) is 9.50 Å². The Morgan fingerprint density at radius 2 is 2.11 bits per heavy atom. The molecule has 8 nitrogen and oxygen atoms in total. The van der Waals surface area contributed by atoms with E-state index in [1.54, 1.807) is 16.1 Å².